The molecule has 2 amide bonds. The minimum atomic E-state index is -4.88. The Bertz CT molecular complexity index is 707. The van der Waals surface area contributed by atoms with E-state index < -0.39 is 12.1 Å². The lowest BCUT2D eigenvalue weighted by molar-refractivity contribution is -0.173. The van der Waals surface area contributed by atoms with Crippen molar-refractivity contribution in [2.24, 2.45) is 23.2 Å². The molecule has 0 saturated heterocycles. The lowest BCUT2D eigenvalue weighted by Gasteiger charge is -2.55. The lowest BCUT2D eigenvalue weighted by Crippen LogP contribution is -2.51. The maximum atomic E-state index is 13.0. The number of halogens is 3. The van der Waals surface area contributed by atoms with Gasteiger partial charge in [0.15, 0.2) is 0 Å². The fourth-order valence-corrected chi connectivity index (χ4v) is 5.64. The fraction of sp³-hybridized carbons (Fsp3) is 0.600. The van der Waals surface area contributed by atoms with Gasteiger partial charge < -0.3 is 10.6 Å². The Kier molecular flexibility index (Phi) is 4.43. The molecule has 0 spiro atoms. The zero-order valence-electron chi connectivity index (χ0n) is 14.9. The summed E-state index contributed by atoms with van der Waals surface area (Å²) in [5.74, 6) is 0.172. The topological polar surface area (TPSA) is 58.2 Å². The molecule has 7 heteroatoms. The minimum absolute atomic E-state index is 0.0831. The Labute approximate surface area is 155 Å². The molecular weight excluding hydrogens is 357 g/mol. The maximum absolute atomic E-state index is 13.0. The second-order valence-electron chi connectivity index (χ2n) is 8.53. The van der Waals surface area contributed by atoms with Crippen LogP contribution in [-0.2, 0) is 16.1 Å². The van der Waals surface area contributed by atoms with Crippen LogP contribution in [0.25, 0.3) is 0 Å². The predicted molar refractivity (Wildman–Crippen MR) is 93.6 cm³/mol. The van der Waals surface area contributed by atoms with Crippen LogP contribution in [0.15, 0.2) is 24.3 Å². The van der Waals surface area contributed by atoms with Gasteiger partial charge in [0.1, 0.15) is 0 Å². The van der Waals surface area contributed by atoms with Crippen molar-refractivity contribution in [2.45, 2.75) is 51.2 Å². The molecule has 4 aliphatic carbocycles. The zero-order valence-corrected chi connectivity index (χ0v) is 14.9. The summed E-state index contributed by atoms with van der Waals surface area (Å²) < 4.78 is 36.6. The number of amides is 2. The third-order valence-corrected chi connectivity index (χ3v) is 6.44. The molecule has 2 N–H and O–H groups in total. The van der Waals surface area contributed by atoms with E-state index in [0.717, 1.165) is 19.3 Å². The first kappa shape index (κ1) is 18.3. The highest BCUT2D eigenvalue weighted by Gasteiger charge is 2.54. The van der Waals surface area contributed by atoms with E-state index in [1.165, 1.54) is 19.3 Å². The van der Waals surface area contributed by atoms with Gasteiger partial charge in [-0.2, -0.15) is 13.2 Å². The van der Waals surface area contributed by atoms with Crippen LogP contribution in [0.2, 0.25) is 0 Å². The van der Waals surface area contributed by atoms with Crippen LogP contribution in [0.4, 0.5) is 18.9 Å². The van der Waals surface area contributed by atoms with Gasteiger partial charge in [0.25, 0.3) is 0 Å². The van der Waals surface area contributed by atoms with Crippen LogP contribution in [-0.4, -0.2) is 18.0 Å². The Balaban J connectivity index is 1.36. The third-order valence-electron chi connectivity index (χ3n) is 6.44. The van der Waals surface area contributed by atoms with Crippen molar-refractivity contribution in [1.82, 2.24) is 5.32 Å². The smallest absolute Gasteiger partial charge is 0.344 e. The van der Waals surface area contributed by atoms with Gasteiger partial charge in [-0.25, -0.2) is 0 Å². The van der Waals surface area contributed by atoms with Crippen LogP contribution in [0.5, 0.6) is 0 Å². The summed E-state index contributed by atoms with van der Waals surface area (Å²) in [7, 11) is 0. The monoisotopic (exact) mass is 380 g/mol. The van der Waals surface area contributed by atoms with E-state index in [0.29, 0.717) is 29.0 Å². The van der Waals surface area contributed by atoms with Crippen LogP contribution in [0.3, 0.4) is 0 Å². The van der Waals surface area contributed by atoms with Crippen LogP contribution < -0.4 is 10.6 Å². The molecule has 0 aromatic heterocycles. The number of benzene rings is 1. The number of hydrogen-bond acceptors (Lipinski definition) is 2. The van der Waals surface area contributed by atoms with E-state index in [1.54, 1.807) is 24.3 Å². The first-order valence-corrected chi connectivity index (χ1v) is 9.49. The molecule has 1 aromatic rings. The van der Waals surface area contributed by atoms with E-state index in [1.807, 2.05) is 5.32 Å². The highest BCUT2D eigenvalue weighted by atomic mass is 19.4. The van der Waals surface area contributed by atoms with Crippen molar-refractivity contribution in [3.05, 3.63) is 29.8 Å². The Morgan fingerprint density at radius 3 is 1.96 bits per heavy atom. The summed E-state index contributed by atoms with van der Waals surface area (Å²) in [6, 6.07) is 6.58. The van der Waals surface area contributed by atoms with Crippen molar-refractivity contribution >= 4 is 17.5 Å². The summed E-state index contributed by atoms with van der Waals surface area (Å²) in [4.78, 5) is 23.8. The molecular formula is C20H23F3N2O2. The van der Waals surface area contributed by atoms with Gasteiger partial charge in [-0.15, -0.1) is 0 Å². The first-order chi connectivity index (χ1) is 12.7. The number of carbonyl (C=O) groups excluding carboxylic acids is 2. The van der Waals surface area contributed by atoms with E-state index in [2.05, 4.69) is 5.32 Å². The summed E-state index contributed by atoms with van der Waals surface area (Å²) in [6.07, 6.45) is 1.86. The van der Waals surface area contributed by atoms with Crippen molar-refractivity contribution in [2.75, 3.05) is 5.32 Å². The Morgan fingerprint density at radius 1 is 0.963 bits per heavy atom. The van der Waals surface area contributed by atoms with Crippen LogP contribution in [0.1, 0.15) is 44.1 Å². The van der Waals surface area contributed by atoms with Crippen LogP contribution >= 0.6 is 0 Å². The number of hydrogen-bond donors (Lipinski definition) is 2. The van der Waals surface area contributed by atoms with E-state index in [4.69, 9.17) is 0 Å². The number of alkyl halides is 3. The average molecular weight is 380 g/mol. The van der Waals surface area contributed by atoms with Gasteiger partial charge in [-0.05, 0) is 74.0 Å². The predicted octanol–water partition coefficient (Wildman–Crippen LogP) is 4.02. The number of rotatable bonds is 4. The van der Waals surface area contributed by atoms with Gasteiger partial charge >= 0.3 is 12.1 Å². The largest absolute Gasteiger partial charge is 0.471 e. The average Bonchev–Trinajstić information content (AvgIpc) is 2.59. The SMILES string of the molecule is O=C(NCc1ccc(NC(=O)C23CC4CC(CC(C4)C2)C3)cc1)C(F)(F)F. The third kappa shape index (κ3) is 3.69. The number of anilines is 1. The molecule has 0 aliphatic heterocycles. The lowest BCUT2D eigenvalue weighted by atomic mass is 9.49. The van der Waals surface area contributed by atoms with Crippen LogP contribution in [0, 0.1) is 23.2 Å². The summed E-state index contributed by atoms with van der Waals surface area (Å²) in [5.41, 5.74) is 0.940. The minimum Gasteiger partial charge on any atom is -0.344 e. The summed E-state index contributed by atoms with van der Waals surface area (Å²) >= 11 is 0. The molecule has 0 unspecified atom stereocenters. The highest BCUT2D eigenvalue weighted by Crippen LogP contribution is 2.60. The van der Waals surface area contributed by atoms with Crippen molar-refractivity contribution in [3.63, 3.8) is 0 Å². The molecule has 4 bridgehead atoms. The normalized spacial score (nSPS) is 31.6. The molecule has 4 aliphatic rings. The number of nitrogens with one attached hydrogen (secondary N) is 2. The molecule has 0 radical (unpaired) electrons. The second-order valence-corrected chi connectivity index (χ2v) is 8.53. The molecule has 0 heterocycles. The quantitative estimate of drug-likeness (QED) is 0.829. The summed E-state index contributed by atoms with van der Waals surface area (Å²) in [6.45, 7) is -0.207. The molecule has 146 valence electrons. The van der Waals surface area contributed by atoms with E-state index in [9.17, 15) is 22.8 Å². The first-order valence-electron chi connectivity index (χ1n) is 9.49. The molecule has 27 heavy (non-hydrogen) atoms. The van der Waals surface area contributed by atoms with Crippen molar-refractivity contribution in [3.8, 4) is 0 Å². The second kappa shape index (κ2) is 6.53. The van der Waals surface area contributed by atoms with Crippen molar-refractivity contribution in [1.29, 1.82) is 0 Å². The molecule has 5 rings (SSSR count). The highest BCUT2D eigenvalue weighted by molar-refractivity contribution is 5.95. The number of carbonyl (C=O) groups is 2. The molecule has 4 nitrogen and oxygen atoms in total. The van der Waals surface area contributed by atoms with Gasteiger partial charge in [-0.1, -0.05) is 12.1 Å². The standard InChI is InChI=1S/C20H23F3N2O2/c21-20(22,23)18(27)24-11-12-1-3-16(4-2-12)25-17(26)19-8-13-5-14(9-19)7-15(6-13)10-19/h1-4,13-15H,5-11H2,(H,24,27)(H,25,26). The maximum Gasteiger partial charge on any atom is 0.471 e. The molecule has 0 atom stereocenters. The van der Waals surface area contributed by atoms with Gasteiger partial charge in [0.2, 0.25) is 5.91 Å². The van der Waals surface area contributed by atoms with Gasteiger partial charge in [0.05, 0.1) is 5.41 Å². The molecule has 1 aromatic carbocycles. The Hall–Kier alpha value is -2.05. The van der Waals surface area contributed by atoms with Gasteiger partial charge in [-0.3, -0.25) is 9.59 Å². The Morgan fingerprint density at radius 2 is 1.48 bits per heavy atom. The molecule has 4 saturated carbocycles. The van der Waals surface area contributed by atoms with Crippen molar-refractivity contribution < 1.29 is 22.8 Å². The fourth-order valence-electron chi connectivity index (χ4n) is 5.64. The molecule has 4 fully saturated rings. The van der Waals surface area contributed by atoms with E-state index >= 15 is 0 Å². The van der Waals surface area contributed by atoms with E-state index in [-0.39, 0.29) is 17.9 Å². The zero-order chi connectivity index (χ0) is 19.2. The van der Waals surface area contributed by atoms with Gasteiger partial charge in [0, 0.05) is 12.2 Å². The summed E-state index contributed by atoms with van der Waals surface area (Å²) in [5, 5.41) is 4.85.